The van der Waals surface area contributed by atoms with Crippen LogP contribution in [0.25, 0.3) is 10.6 Å². The quantitative estimate of drug-likeness (QED) is 0.737. The van der Waals surface area contributed by atoms with E-state index in [2.05, 4.69) is 10.3 Å². The van der Waals surface area contributed by atoms with Gasteiger partial charge >= 0.3 is 0 Å². The summed E-state index contributed by atoms with van der Waals surface area (Å²) in [5.74, 6) is -0.555. The molecule has 0 atom stereocenters. The second kappa shape index (κ2) is 7.85. The molecule has 3 rings (SSSR count). The van der Waals surface area contributed by atoms with Crippen molar-refractivity contribution in [1.29, 1.82) is 0 Å². The molecule has 1 aromatic carbocycles. The fraction of sp³-hybridized carbons (Fsp3) is 0.167. The second-order valence-electron chi connectivity index (χ2n) is 5.44. The van der Waals surface area contributed by atoms with Gasteiger partial charge < -0.3 is 5.32 Å². The molecule has 0 aliphatic carbocycles. The molecule has 3 aromatic rings. The molecule has 0 aliphatic rings. The summed E-state index contributed by atoms with van der Waals surface area (Å²) >= 11 is 1.50. The first-order valence-corrected chi connectivity index (χ1v) is 8.61. The fourth-order valence-electron chi connectivity index (χ4n) is 2.31. The Hall–Kier alpha value is -2.80. The molecule has 0 saturated heterocycles. The predicted octanol–water partition coefficient (Wildman–Crippen LogP) is 2.47. The van der Waals surface area contributed by atoms with Gasteiger partial charge in [0.2, 0.25) is 5.91 Å². The van der Waals surface area contributed by atoms with Crippen molar-refractivity contribution in [3.05, 3.63) is 75.9 Å². The van der Waals surface area contributed by atoms with Gasteiger partial charge in [0, 0.05) is 12.6 Å². The van der Waals surface area contributed by atoms with Gasteiger partial charge in [0.1, 0.15) is 12.4 Å². The number of carbonyl (C=O) groups excluding carboxylic acids is 1. The Morgan fingerprint density at radius 2 is 2.04 bits per heavy atom. The van der Waals surface area contributed by atoms with Crippen molar-refractivity contribution < 1.29 is 9.18 Å². The van der Waals surface area contributed by atoms with Gasteiger partial charge in [-0.2, -0.15) is 0 Å². The molecule has 2 aromatic heterocycles. The number of aromatic nitrogens is 2. The van der Waals surface area contributed by atoms with Crippen LogP contribution < -0.4 is 10.9 Å². The third-order valence-corrected chi connectivity index (χ3v) is 4.51. The highest BCUT2D eigenvalue weighted by atomic mass is 32.1. The highest BCUT2D eigenvalue weighted by Crippen LogP contribution is 2.20. The van der Waals surface area contributed by atoms with Gasteiger partial charge in [0.05, 0.1) is 16.9 Å². The number of rotatable bonds is 6. The van der Waals surface area contributed by atoms with Crippen LogP contribution in [0.1, 0.15) is 5.56 Å². The lowest BCUT2D eigenvalue weighted by Gasteiger charge is -2.08. The predicted molar refractivity (Wildman–Crippen MR) is 94.9 cm³/mol. The lowest BCUT2D eigenvalue weighted by Crippen LogP contribution is -2.33. The number of amides is 1. The molecule has 0 aliphatic heterocycles. The van der Waals surface area contributed by atoms with Crippen LogP contribution in [0.3, 0.4) is 0 Å². The average molecular weight is 357 g/mol. The van der Waals surface area contributed by atoms with Gasteiger partial charge in [-0.3, -0.25) is 14.2 Å². The SMILES string of the molecule is O=C(Cn1cnc(-c2cccs2)cc1=O)NCCc1ccc(F)cc1. The number of nitrogens with zero attached hydrogens (tertiary/aromatic N) is 2. The summed E-state index contributed by atoms with van der Waals surface area (Å²) < 4.78 is 14.1. The van der Waals surface area contributed by atoms with E-state index in [-0.39, 0.29) is 23.8 Å². The molecule has 1 amide bonds. The van der Waals surface area contributed by atoms with Crippen LogP contribution in [0.4, 0.5) is 4.39 Å². The van der Waals surface area contributed by atoms with Crippen molar-refractivity contribution in [2.24, 2.45) is 0 Å². The third kappa shape index (κ3) is 4.60. The number of thiophene rings is 1. The summed E-state index contributed by atoms with van der Waals surface area (Å²) in [5, 5.41) is 4.66. The van der Waals surface area contributed by atoms with Crippen molar-refractivity contribution in [3.8, 4) is 10.6 Å². The normalized spacial score (nSPS) is 10.6. The van der Waals surface area contributed by atoms with Crippen molar-refractivity contribution in [1.82, 2.24) is 14.9 Å². The van der Waals surface area contributed by atoms with Crippen LogP contribution in [0, 0.1) is 5.82 Å². The van der Waals surface area contributed by atoms with Crippen LogP contribution in [0.5, 0.6) is 0 Å². The molecule has 128 valence electrons. The molecule has 0 bridgehead atoms. The Labute approximate surface area is 147 Å². The molecule has 0 unspecified atom stereocenters. The van der Waals surface area contributed by atoms with Gasteiger partial charge in [-0.1, -0.05) is 18.2 Å². The minimum atomic E-state index is -0.286. The molecule has 1 N–H and O–H groups in total. The minimum absolute atomic E-state index is 0.0834. The zero-order chi connectivity index (χ0) is 17.6. The largest absolute Gasteiger partial charge is 0.354 e. The van der Waals surface area contributed by atoms with E-state index in [1.807, 2.05) is 17.5 Å². The maximum atomic E-state index is 12.8. The lowest BCUT2D eigenvalue weighted by atomic mass is 10.1. The maximum absolute atomic E-state index is 12.8. The van der Waals surface area contributed by atoms with Gasteiger partial charge in [-0.25, -0.2) is 9.37 Å². The van der Waals surface area contributed by atoms with E-state index in [0.717, 1.165) is 10.4 Å². The summed E-state index contributed by atoms with van der Waals surface area (Å²) in [6, 6.07) is 11.3. The van der Waals surface area contributed by atoms with Gasteiger partial charge in [0.25, 0.3) is 5.56 Å². The first-order valence-electron chi connectivity index (χ1n) is 7.73. The van der Waals surface area contributed by atoms with Crippen molar-refractivity contribution in [2.45, 2.75) is 13.0 Å². The van der Waals surface area contributed by atoms with Crippen LogP contribution in [-0.2, 0) is 17.8 Å². The Balaban J connectivity index is 1.54. The molecular weight excluding hydrogens is 341 g/mol. The summed E-state index contributed by atoms with van der Waals surface area (Å²) in [4.78, 5) is 29.2. The molecule has 0 radical (unpaired) electrons. The number of halogens is 1. The Morgan fingerprint density at radius 3 is 2.72 bits per heavy atom. The maximum Gasteiger partial charge on any atom is 0.254 e. The highest BCUT2D eigenvalue weighted by molar-refractivity contribution is 7.13. The first-order chi connectivity index (χ1) is 12.1. The van der Waals surface area contributed by atoms with Crippen molar-refractivity contribution in [2.75, 3.05) is 6.54 Å². The van der Waals surface area contributed by atoms with Crippen molar-refractivity contribution >= 4 is 17.2 Å². The smallest absolute Gasteiger partial charge is 0.254 e. The van der Waals surface area contributed by atoms with Gasteiger partial charge in [0.15, 0.2) is 0 Å². The molecule has 25 heavy (non-hydrogen) atoms. The van der Waals surface area contributed by atoms with Gasteiger partial charge in [-0.05, 0) is 35.6 Å². The second-order valence-corrected chi connectivity index (χ2v) is 6.39. The molecule has 0 spiro atoms. The standard InChI is InChI=1S/C18H16FN3O2S/c19-14-5-3-13(4-6-14)7-8-20-17(23)11-22-12-21-15(10-18(22)24)16-2-1-9-25-16/h1-6,9-10,12H,7-8,11H2,(H,20,23). The van der Waals surface area contributed by atoms with E-state index in [1.54, 1.807) is 12.1 Å². The third-order valence-electron chi connectivity index (χ3n) is 3.62. The molecule has 5 nitrogen and oxygen atoms in total. The van der Waals surface area contributed by atoms with E-state index >= 15 is 0 Å². The summed E-state index contributed by atoms with van der Waals surface area (Å²) in [6.45, 7) is 0.333. The lowest BCUT2D eigenvalue weighted by molar-refractivity contribution is -0.121. The Morgan fingerprint density at radius 1 is 1.24 bits per heavy atom. The first kappa shape index (κ1) is 17.0. The van der Waals surface area contributed by atoms with E-state index in [1.165, 1.54) is 40.4 Å². The fourth-order valence-corrected chi connectivity index (χ4v) is 3.00. The average Bonchev–Trinajstić information content (AvgIpc) is 3.13. The number of carbonyl (C=O) groups is 1. The van der Waals surface area contributed by atoms with E-state index in [4.69, 9.17) is 0 Å². The molecule has 0 saturated carbocycles. The monoisotopic (exact) mass is 357 g/mol. The molecule has 2 heterocycles. The zero-order valence-electron chi connectivity index (χ0n) is 13.3. The summed E-state index contributed by atoms with van der Waals surface area (Å²) in [6.07, 6.45) is 1.98. The topological polar surface area (TPSA) is 64.0 Å². The number of hydrogen-bond donors (Lipinski definition) is 1. The van der Waals surface area contributed by atoms with E-state index < -0.39 is 0 Å². The Kier molecular flexibility index (Phi) is 5.35. The number of hydrogen-bond acceptors (Lipinski definition) is 4. The van der Waals surface area contributed by atoms with Crippen LogP contribution in [0.15, 0.2) is 59.0 Å². The van der Waals surface area contributed by atoms with Gasteiger partial charge in [-0.15, -0.1) is 11.3 Å². The summed E-state index contributed by atoms with van der Waals surface area (Å²) in [7, 11) is 0. The highest BCUT2D eigenvalue weighted by Gasteiger charge is 2.07. The van der Waals surface area contributed by atoms with Crippen LogP contribution >= 0.6 is 11.3 Å². The molecule has 7 heteroatoms. The minimum Gasteiger partial charge on any atom is -0.354 e. The van der Waals surface area contributed by atoms with Crippen molar-refractivity contribution in [3.63, 3.8) is 0 Å². The number of nitrogens with one attached hydrogen (secondary N) is 1. The summed E-state index contributed by atoms with van der Waals surface area (Å²) in [5.41, 5.74) is 1.26. The van der Waals surface area contributed by atoms with E-state index in [0.29, 0.717) is 18.7 Å². The molecular formula is C18H16FN3O2S. The van der Waals surface area contributed by atoms with Crippen LogP contribution in [-0.4, -0.2) is 22.0 Å². The zero-order valence-corrected chi connectivity index (χ0v) is 14.1. The van der Waals surface area contributed by atoms with Crippen LogP contribution in [0.2, 0.25) is 0 Å². The molecule has 0 fully saturated rings. The Bertz CT molecular complexity index is 905. The van der Waals surface area contributed by atoms with E-state index in [9.17, 15) is 14.0 Å². The number of benzene rings is 1.